The van der Waals surface area contributed by atoms with Crippen molar-refractivity contribution in [3.05, 3.63) is 0 Å². The fraction of sp³-hybridized carbons (Fsp3) is 0.933. The van der Waals surface area contributed by atoms with Gasteiger partial charge in [-0.15, -0.1) is 0 Å². The first-order chi connectivity index (χ1) is 9.06. The van der Waals surface area contributed by atoms with E-state index in [0.29, 0.717) is 6.04 Å². The van der Waals surface area contributed by atoms with E-state index < -0.39 is 0 Å². The van der Waals surface area contributed by atoms with Gasteiger partial charge in [0.05, 0.1) is 6.04 Å². The number of likely N-dealkylation sites (tertiary alicyclic amines) is 1. The number of carbonyl (C=O) groups excluding carboxylic acids is 1. The number of nitrogens with two attached hydrogens (primary N) is 1. The lowest BCUT2D eigenvalue weighted by molar-refractivity contribution is -0.123. The van der Waals surface area contributed by atoms with E-state index >= 15 is 0 Å². The summed E-state index contributed by atoms with van der Waals surface area (Å²) in [5, 5.41) is 3.07. The third kappa shape index (κ3) is 4.18. The molecule has 0 aromatic rings. The Labute approximate surface area is 117 Å². The van der Waals surface area contributed by atoms with Gasteiger partial charge in [0.25, 0.3) is 0 Å². The van der Waals surface area contributed by atoms with Crippen molar-refractivity contribution in [2.24, 2.45) is 11.7 Å². The van der Waals surface area contributed by atoms with Crippen LogP contribution in [0, 0.1) is 5.92 Å². The molecule has 0 radical (unpaired) electrons. The second-order valence-electron chi connectivity index (χ2n) is 6.52. The SMILES string of the molecule is CC1CCN(C2CCC(NC(=O)C(C)N)CC2)CC1. The van der Waals surface area contributed by atoms with E-state index in [9.17, 15) is 4.79 Å². The summed E-state index contributed by atoms with van der Waals surface area (Å²) in [6.07, 6.45) is 7.35. The maximum atomic E-state index is 11.6. The second kappa shape index (κ2) is 6.71. The van der Waals surface area contributed by atoms with Crippen LogP contribution in [-0.4, -0.2) is 42.0 Å². The standard InChI is InChI=1S/C15H29N3O/c1-11-7-9-18(10-8-11)14-5-3-13(4-6-14)17-15(19)12(2)16/h11-14H,3-10,16H2,1-2H3,(H,17,19). The van der Waals surface area contributed by atoms with Crippen LogP contribution in [0.3, 0.4) is 0 Å². The molecular formula is C15H29N3O. The first-order valence-electron chi connectivity index (χ1n) is 7.86. The van der Waals surface area contributed by atoms with Crippen molar-refractivity contribution in [3.8, 4) is 0 Å². The number of hydrogen-bond donors (Lipinski definition) is 2. The Morgan fingerprint density at radius 1 is 1.16 bits per heavy atom. The van der Waals surface area contributed by atoms with E-state index in [-0.39, 0.29) is 11.9 Å². The Hall–Kier alpha value is -0.610. The van der Waals surface area contributed by atoms with Crippen LogP contribution in [0.2, 0.25) is 0 Å². The summed E-state index contributed by atoms with van der Waals surface area (Å²) in [5.74, 6) is 0.896. The summed E-state index contributed by atoms with van der Waals surface area (Å²) in [6, 6.07) is 0.704. The molecule has 1 atom stereocenters. The molecule has 110 valence electrons. The number of nitrogens with zero attached hydrogens (tertiary/aromatic N) is 1. The summed E-state index contributed by atoms with van der Waals surface area (Å²) in [7, 11) is 0. The van der Waals surface area contributed by atoms with E-state index in [0.717, 1.165) is 24.8 Å². The Bertz CT molecular complexity index is 290. The Balaban J connectivity index is 1.72. The molecule has 1 aliphatic carbocycles. The van der Waals surface area contributed by atoms with Crippen LogP contribution in [0.4, 0.5) is 0 Å². The van der Waals surface area contributed by atoms with Gasteiger partial charge < -0.3 is 16.0 Å². The highest BCUT2D eigenvalue weighted by Crippen LogP contribution is 2.27. The van der Waals surface area contributed by atoms with Crippen LogP contribution < -0.4 is 11.1 Å². The predicted molar refractivity (Wildman–Crippen MR) is 77.8 cm³/mol. The monoisotopic (exact) mass is 267 g/mol. The van der Waals surface area contributed by atoms with Crippen LogP contribution >= 0.6 is 0 Å². The quantitative estimate of drug-likeness (QED) is 0.814. The molecule has 0 aromatic heterocycles. The summed E-state index contributed by atoms with van der Waals surface area (Å²) >= 11 is 0. The minimum Gasteiger partial charge on any atom is -0.352 e. The molecule has 1 saturated carbocycles. The molecule has 2 aliphatic rings. The highest BCUT2D eigenvalue weighted by Gasteiger charge is 2.28. The van der Waals surface area contributed by atoms with Crippen molar-refractivity contribution in [2.75, 3.05) is 13.1 Å². The molecule has 1 aliphatic heterocycles. The zero-order valence-corrected chi connectivity index (χ0v) is 12.4. The first kappa shape index (κ1) is 14.8. The third-order valence-electron chi connectivity index (χ3n) is 4.79. The van der Waals surface area contributed by atoms with Crippen LogP contribution in [0.15, 0.2) is 0 Å². The molecule has 0 spiro atoms. The maximum Gasteiger partial charge on any atom is 0.236 e. The average Bonchev–Trinajstić information content (AvgIpc) is 2.40. The van der Waals surface area contributed by atoms with Crippen molar-refractivity contribution in [1.29, 1.82) is 0 Å². The van der Waals surface area contributed by atoms with E-state index in [2.05, 4.69) is 17.1 Å². The smallest absolute Gasteiger partial charge is 0.236 e. The lowest BCUT2D eigenvalue weighted by atomic mass is 9.88. The van der Waals surface area contributed by atoms with Crippen LogP contribution in [0.1, 0.15) is 52.4 Å². The molecule has 3 N–H and O–H groups in total. The van der Waals surface area contributed by atoms with Crippen molar-refractivity contribution < 1.29 is 4.79 Å². The van der Waals surface area contributed by atoms with Gasteiger partial charge in [-0.2, -0.15) is 0 Å². The van der Waals surface area contributed by atoms with Crippen LogP contribution in [0.5, 0.6) is 0 Å². The number of rotatable bonds is 3. The molecule has 1 heterocycles. The molecule has 1 unspecified atom stereocenters. The van der Waals surface area contributed by atoms with Gasteiger partial charge in [-0.25, -0.2) is 0 Å². The van der Waals surface area contributed by atoms with Gasteiger partial charge in [0, 0.05) is 12.1 Å². The number of carbonyl (C=O) groups is 1. The fourth-order valence-electron chi connectivity index (χ4n) is 3.31. The van der Waals surface area contributed by atoms with E-state index in [1.807, 2.05) is 0 Å². The molecule has 19 heavy (non-hydrogen) atoms. The first-order valence-corrected chi connectivity index (χ1v) is 7.86. The molecule has 1 saturated heterocycles. The average molecular weight is 267 g/mol. The minimum atomic E-state index is -0.388. The van der Waals surface area contributed by atoms with Gasteiger partial charge in [-0.05, 0) is 64.5 Å². The number of piperidine rings is 1. The predicted octanol–water partition coefficient (Wildman–Crippen LogP) is 1.49. The largest absolute Gasteiger partial charge is 0.352 e. The fourth-order valence-corrected chi connectivity index (χ4v) is 3.31. The minimum absolute atomic E-state index is 0.00440. The molecule has 0 bridgehead atoms. The Morgan fingerprint density at radius 2 is 1.74 bits per heavy atom. The summed E-state index contributed by atoms with van der Waals surface area (Å²) in [5.41, 5.74) is 5.59. The molecule has 4 nitrogen and oxygen atoms in total. The van der Waals surface area contributed by atoms with Crippen molar-refractivity contribution in [3.63, 3.8) is 0 Å². The Morgan fingerprint density at radius 3 is 2.26 bits per heavy atom. The van der Waals surface area contributed by atoms with Crippen molar-refractivity contribution in [2.45, 2.75) is 70.5 Å². The van der Waals surface area contributed by atoms with Gasteiger partial charge >= 0.3 is 0 Å². The van der Waals surface area contributed by atoms with Gasteiger partial charge in [0.15, 0.2) is 0 Å². The highest BCUT2D eigenvalue weighted by molar-refractivity contribution is 5.81. The van der Waals surface area contributed by atoms with Gasteiger partial charge in [0.1, 0.15) is 0 Å². The lowest BCUT2D eigenvalue weighted by Gasteiger charge is -2.40. The maximum absolute atomic E-state index is 11.6. The molecular weight excluding hydrogens is 238 g/mol. The molecule has 2 rings (SSSR count). The zero-order chi connectivity index (χ0) is 13.8. The summed E-state index contributed by atoms with van der Waals surface area (Å²) < 4.78 is 0. The Kier molecular flexibility index (Phi) is 5.22. The third-order valence-corrected chi connectivity index (χ3v) is 4.79. The van der Waals surface area contributed by atoms with Gasteiger partial charge in [-0.1, -0.05) is 6.92 Å². The van der Waals surface area contributed by atoms with E-state index in [1.54, 1.807) is 6.92 Å². The topological polar surface area (TPSA) is 58.4 Å². The highest BCUT2D eigenvalue weighted by atomic mass is 16.2. The van der Waals surface area contributed by atoms with E-state index in [1.165, 1.54) is 38.8 Å². The van der Waals surface area contributed by atoms with Crippen molar-refractivity contribution >= 4 is 5.91 Å². The van der Waals surface area contributed by atoms with Gasteiger partial charge in [0.2, 0.25) is 5.91 Å². The number of amides is 1. The molecule has 2 fully saturated rings. The van der Waals surface area contributed by atoms with Crippen LogP contribution in [0.25, 0.3) is 0 Å². The molecule has 4 heteroatoms. The number of hydrogen-bond acceptors (Lipinski definition) is 3. The second-order valence-corrected chi connectivity index (χ2v) is 6.52. The zero-order valence-electron chi connectivity index (χ0n) is 12.4. The van der Waals surface area contributed by atoms with Gasteiger partial charge in [-0.3, -0.25) is 4.79 Å². The van der Waals surface area contributed by atoms with Crippen LogP contribution in [-0.2, 0) is 4.79 Å². The molecule has 1 amide bonds. The number of nitrogens with one attached hydrogen (secondary N) is 1. The molecule has 0 aromatic carbocycles. The van der Waals surface area contributed by atoms with Crippen molar-refractivity contribution in [1.82, 2.24) is 10.2 Å². The summed E-state index contributed by atoms with van der Waals surface area (Å²) in [4.78, 5) is 14.3. The van der Waals surface area contributed by atoms with E-state index in [4.69, 9.17) is 5.73 Å². The summed E-state index contributed by atoms with van der Waals surface area (Å²) in [6.45, 7) is 6.64. The lowest BCUT2D eigenvalue weighted by Crippen LogP contribution is -2.48. The normalized spacial score (nSPS) is 31.9.